The van der Waals surface area contributed by atoms with Gasteiger partial charge >= 0.3 is 0 Å². The number of hydrogen-bond donors (Lipinski definition) is 1. The van der Waals surface area contributed by atoms with Gasteiger partial charge in [-0.3, -0.25) is 0 Å². The van der Waals surface area contributed by atoms with Gasteiger partial charge in [-0.1, -0.05) is 24.2 Å². The van der Waals surface area contributed by atoms with Gasteiger partial charge in [0.05, 0.1) is 0 Å². The molecule has 7 heteroatoms. The predicted octanol–water partition coefficient (Wildman–Crippen LogP) is 1.39. The third-order valence-corrected chi connectivity index (χ3v) is 3.67. The molecule has 0 aliphatic heterocycles. The van der Waals surface area contributed by atoms with E-state index in [1.165, 1.54) is 12.8 Å². The van der Waals surface area contributed by atoms with Crippen molar-refractivity contribution in [2.24, 2.45) is 5.73 Å². The largest absolute Gasteiger partial charge is 0.377 e. The Morgan fingerprint density at radius 2 is 2.06 bits per heavy atom. The fourth-order valence-corrected chi connectivity index (χ4v) is 2.69. The molecule has 0 aliphatic rings. The molecule has 0 aromatic carbocycles. The van der Waals surface area contributed by atoms with Crippen molar-refractivity contribution in [3.05, 3.63) is 10.8 Å². The van der Waals surface area contributed by atoms with Crippen molar-refractivity contribution in [2.45, 2.75) is 38.7 Å². The number of unbranched alkanes of at least 4 members (excludes halogenated alkanes) is 3. The van der Waals surface area contributed by atoms with Crippen molar-refractivity contribution in [1.82, 2.24) is 19.8 Å². The second-order valence-electron chi connectivity index (χ2n) is 4.19. The molecule has 0 radical (unpaired) electrons. The molecule has 0 atom stereocenters. The van der Waals surface area contributed by atoms with Gasteiger partial charge in [0, 0.05) is 13.5 Å². The Labute approximate surface area is 110 Å². The molecule has 0 saturated heterocycles. The van der Waals surface area contributed by atoms with E-state index in [2.05, 4.69) is 15.3 Å². The van der Waals surface area contributed by atoms with Gasteiger partial charge in [0.1, 0.15) is 11.6 Å². The van der Waals surface area contributed by atoms with Gasteiger partial charge in [0.15, 0.2) is 5.82 Å². The zero-order valence-corrected chi connectivity index (χ0v) is 11.4. The molecule has 0 bridgehead atoms. The number of aromatic nitrogens is 4. The molecule has 0 fully saturated rings. The van der Waals surface area contributed by atoms with E-state index >= 15 is 0 Å². The van der Waals surface area contributed by atoms with Gasteiger partial charge in [-0.05, 0) is 19.4 Å². The van der Waals surface area contributed by atoms with E-state index < -0.39 is 0 Å². The van der Waals surface area contributed by atoms with E-state index in [0.717, 1.165) is 41.6 Å². The summed E-state index contributed by atoms with van der Waals surface area (Å²) in [4.78, 5) is 0.846. The molecule has 2 N–H and O–H groups in total. The number of aryl methyl sites for hydroxylation is 1. The number of hydrogen-bond acceptors (Lipinski definition) is 6. The number of nitrogens with zero attached hydrogens (tertiary/aromatic N) is 4. The second-order valence-corrected chi connectivity index (χ2v) is 5.23. The molecule has 0 saturated carbocycles. The van der Waals surface area contributed by atoms with Crippen molar-refractivity contribution < 1.29 is 4.74 Å². The fraction of sp³-hybridized carbons (Fsp3) is 0.727. The van der Waals surface area contributed by atoms with Crippen LogP contribution in [0.15, 0.2) is 0 Å². The Kier molecular flexibility index (Phi) is 5.03. The molecule has 2 rings (SSSR count). The maximum absolute atomic E-state index is 5.46. The summed E-state index contributed by atoms with van der Waals surface area (Å²) in [5, 5.41) is 13.7. The summed E-state index contributed by atoms with van der Waals surface area (Å²) < 4.78 is 6.84. The molecule has 2 aromatic heterocycles. The number of nitrogens with two attached hydrogens (primary N) is 1. The summed E-state index contributed by atoms with van der Waals surface area (Å²) in [6.07, 6.45) is 5.69. The third-order valence-electron chi connectivity index (χ3n) is 2.72. The maximum Gasteiger partial charge on any atom is 0.234 e. The first-order chi connectivity index (χ1) is 8.85. The third kappa shape index (κ3) is 3.24. The number of methoxy groups -OCH3 is 1. The van der Waals surface area contributed by atoms with Gasteiger partial charge in [-0.25, -0.2) is 0 Å². The quantitative estimate of drug-likeness (QED) is 0.733. The van der Waals surface area contributed by atoms with Gasteiger partial charge in [0.2, 0.25) is 4.96 Å². The van der Waals surface area contributed by atoms with E-state index in [-0.39, 0.29) is 0 Å². The predicted molar refractivity (Wildman–Crippen MR) is 70.6 cm³/mol. The molecule has 2 heterocycles. The van der Waals surface area contributed by atoms with Crippen LogP contribution < -0.4 is 5.73 Å². The Bertz CT molecular complexity index is 481. The van der Waals surface area contributed by atoms with Crippen LogP contribution >= 0.6 is 11.3 Å². The van der Waals surface area contributed by atoms with Crippen molar-refractivity contribution in [3.63, 3.8) is 0 Å². The minimum atomic E-state index is 0.445. The highest BCUT2D eigenvalue weighted by Crippen LogP contribution is 2.16. The first-order valence-corrected chi connectivity index (χ1v) is 7.06. The normalized spacial score (nSPS) is 11.4. The Hall–Kier alpha value is -1.05. The summed E-state index contributed by atoms with van der Waals surface area (Å²) in [6, 6.07) is 0. The number of ether oxygens (including phenoxy) is 1. The molecule has 100 valence electrons. The minimum absolute atomic E-state index is 0.445. The van der Waals surface area contributed by atoms with Crippen molar-refractivity contribution >= 4 is 16.3 Å². The molecule has 6 nitrogen and oxygen atoms in total. The van der Waals surface area contributed by atoms with Crippen LogP contribution in [-0.2, 0) is 17.8 Å². The Morgan fingerprint density at radius 1 is 1.22 bits per heavy atom. The summed E-state index contributed by atoms with van der Waals surface area (Å²) >= 11 is 1.61. The van der Waals surface area contributed by atoms with Gasteiger partial charge in [0.25, 0.3) is 0 Å². The first kappa shape index (κ1) is 13.4. The lowest BCUT2D eigenvalue weighted by atomic mass is 10.1. The highest BCUT2D eigenvalue weighted by atomic mass is 32.1. The number of fused-ring (bicyclic) bond motifs is 1. The zero-order valence-electron chi connectivity index (χ0n) is 10.6. The monoisotopic (exact) mass is 269 g/mol. The van der Waals surface area contributed by atoms with Gasteiger partial charge in [-0.2, -0.15) is 9.61 Å². The average Bonchev–Trinajstić information content (AvgIpc) is 2.91. The highest BCUT2D eigenvalue weighted by Gasteiger charge is 2.10. The lowest BCUT2D eigenvalue weighted by molar-refractivity contribution is 0.176. The van der Waals surface area contributed by atoms with Crippen LogP contribution in [0.1, 0.15) is 36.5 Å². The fourth-order valence-electron chi connectivity index (χ4n) is 1.79. The van der Waals surface area contributed by atoms with Crippen molar-refractivity contribution in [1.29, 1.82) is 0 Å². The Morgan fingerprint density at radius 3 is 2.83 bits per heavy atom. The molecule has 18 heavy (non-hydrogen) atoms. The minimum Gasteiger partial charge on any atom is -0.377 e. The molecule has 2 aromatic rings. The van der Waals surface area contributed by atoms with Crippen LogP contribution in [-0.4, -0.2) is 33.5 Å². The second kappa shape index (κ2) is 6.77. The van der Waals surface area contributed by atoms with Crippen LogP contribution in [0.4, 0.5) is 0 Å². The highest BCUT2D eigenvalue weighted by molar-refractivity contribution is 7.16. The maximum atomic E-state index is 5.46. The van der Waals surface area contributed by atoms with Crippen LogP contribution in [0.2, 0.25) is 0 Å². The van der Waals surface area contributed by atoms with Crippen LogP contribution in [0.5, 0.6) is 0 Å². The lowest BCUT2D eigenvalue weighted by Gasteiger charge is -1.97. The van der Waals surface area contributed by atoms with Crippen molar-refractivity contribution in [2.75, 3.05) is 13.7 Å². The van der Waals surface area contributed by atoms with E-state index in [0.29, 0.717) is 6.61 Å². The number of rotatable bonds is 8. The molecule has 0 aliphatic carbocycles. The van der Waals surface area contributed by atoms with E-state index in [4.69, 9.17) is 10.5 Å². The van der Waals surface area contributed by atoms with Crippen molar-refractivity contribution in [3.8, 4) is 0 Å². The summed E-state index contributed by atoms with van der Waals surface area (Å²) in [7, 11) is 1.64. The zero-order chi connectivity index (χ0) is 12.8. The van der Waals surface area contributed by atoms with Crippen LogP contribution in [0.25, 0.3) is 4.96 Å². The van der Waals surface area contributed by atoms with E-state index in [1.807, 2.05) is 0 Å². The SMILES string of the molecule is COCc1nnc2sc(CCCCCCN)nn12. The first-order valence-electron chi connectivity index (χ1n) is 6.24. The van der Waals surface area contributed by atoms with Crippen LogP contribution in [0, 0.1) is 0 Å². The smallest absolute Gasteiger partial charge is 0.234 e. The van der Waals surface area contributed by atoms with Gasteiger partial charge < -0.3 is 10.5 Å². The standard InChI is InChI=1S/C11H19N5OS/c1-17-8-9-13-14-11-16(9)15-10(18-11)6-4-2-3-5-7-12/h2-8,12H2,1H3. The van der Waals surface area contributed by atoms with Gasteiger partial charge in [-0.15, -0.1) is 10.2 Å². The van der Waals surface area contributed by atoms with Crippen LogP contribution in [0.3, 0.4) is 0 Å². The average molecular weight is 269 g/mol. The molecular formula is C11H19N5OS. The molecule has 0 amide bonds. The topological polar surface area (TPSA) is 78.3 Å². The summed E-state index contributed by atoms with van der Waals surface area (Å²) in [5.74, 6) is 0.762. The molecule has 0 spiro atoms. The molecular weight excluding hydrogens is 250 g/mol. The summed E-state index contributed by atoms with van der Waals surface area (Å²) in [5.41, 5.74) is 5.46. The molecule has 0 unspecified atom stereocenters. The van der Waals surface area contributed by atoms with E-state index in [9.17, 15) is 0 Å². The lowest BCUT2D eigenvalue weighted by Crippen LogP contribution is -1.99. The Balaban J connectivity index is 1.89. The summed E-state index contributed by atoms with van der Waals surface area (Å²) in [6.45, 7) is 1.23. The van der Waals surface area contributed by atoms with E-state index in [1.54, 1.807) is 23.0 Å².